The first-order valence-corrected chi connectivity index (χ1v) is 8.88. The fourth-order valence-electron chi connectivity index (χ4n) is 2.87. The van der Waals surface area contributed by atoms with Gasteiger partial charge in [-0.3, -0.25) is 0 Å². The number of amidine groups is 1. The van der Waals surface area contributed by atoms with Crippen LogP contribution in [-0.2, 0) is 13.1 Å². The smallest absolute Gasteiger partial charge is 0.324 e. The molecule has 1 aliphatic heterocycles. The van der Waals surface area contributed by atoms with Crippen molar-refractivity contribution in [3.63, 3.8) is 0 Å². The molecule has 1 aromatic carbocycles. The second-order valence-corrected chi connectivity index (χ2v) is 6.81. The van der Waals surface area contributed by atoms with Crippen LogP contribution in [0.5, 0.6) is 0 Å². The van der Waals surface area contributed by atoms with Gasteiger partial charge in [-0.25, -0.2) is 9.98 Å². The van der Waals surface area contributed by atoms with Crippen LogP contribution < -0.4 is 4.90 Å². The standard InChI is InChI=1S/C18H20ClF3N4/c1-3-25-11-23-15-10-26(14-7-5-13(19)6-8-14)16(24-17(15)25)9-4-12(2)18(20,21)22/h5-8,11-12H,3-4,9-10H2,1-2H3. The third kappa shape index (κ3) is 3.87. The summed E-state index contributed by atoms with van der Waals surface area (Å²) in [5.74, 6) is -0.0340. The van der Waals surface area contributed by atoms with E-state index in [1.165, 1.54) is 6.92 Å². The molecule has 0 radical (unpaired) electrons. The van der Waals surface area contributed by atoms with Crippen LogP contribution in [-0.4, -0.2) is 21.6 Å². The molecule has 2 aromatic rings. The van der Waals surface area contributed by atoms with E-state index in [0.717, 1.165) is 17.2 Å². The van der Waals surface area contributed by atoms with Crippen molar-refractivity contribution in [2.45, 2.75) is 46.0 Å². The highest BCUT2D eigenvalue weighted by molar-refractivity contribution is 6.30. The summed E-state index contributed by atoms with van der Waals surface area (Å²) >= 11 is 5.95. The Hall–Kier alpha value is -2.02. The molecule has 0 N–H and O–H groups in total. The highest BCUT2D eigenvalue weighted by atomic mass is 35.5. The fraction of sp³-hybridized carbons (Fsp3) is 0.444. The maximum Gasteiger partial charge on any atom is 0.391 e. The molecular weight excluding hydrogens is 365 g/mol. The molecule has 0 saturated heterocycles. The van der Waals surface area contributed by atoms with Crippen LogP contribution in [0.1, 0.15) is 32.4 Å². The first kappa shape index (κ1) is 18.8. The number of fused-ring (bicyclic) bond motifs is 1. The molecule has 0 fully saturated rings. The second kappa shape index (κ2) is 7.31. The Morgan fingerprint density at radius 2 is 1.92 bits per heavy atom. The minimum Gasteiger partial charge on any atom is -0.324 e. The minimum absolute atomic E-state index is 0.0119. The van der Waals surface area contributed by atoms with Crippen LogP contribution in [0.4, 0.5) is 24.7 Å². The lowest BCUT2D eigenvalue weighted by Gasteiger charge is -2.30. The van der Waals surface area contributed by atoms with Crippen molar-refractivity contribution in [3.05, 3.63) is 41.3 Å². The van der Waals surface area contributed by atoms with E-state index < -0.39 is 12.1 Å². The number of halogens is 4. The zero-order valence-electron chi connectivity index (χ0n) is 14.6. The van der Waals surface area contributed by atoms with Crippen molar-refractivity contribution in [3.8, 4) is 0 Å². The Balaban J connectivity index is 1.91. The lowest BCUT2D eigenvalue weighted by Crippen LogP contribution is -2.34. The van der Waals surface area contributed by atoms with Crippen LogP contribution in [0.15, 0.2) is 35.6 Å². The van der Waals surface area contributed by atoms with Crippen LogP contribution in [0, 0.1) is 5.92 Å². The first-order valence-electron chi connectivity index (χ1n) is 8.51. The monoisotopic (exact) mass is 384 g/mol. The normalized spacial score (nSPS) is 15.6. The van der Waals surface area contributed by atoms with Crippen molar-refractivity contribution >= 4 is 28.9 Å². The molecule has 0 aliphatic carbocycles. The molecule has 26 heavy (non-hydrogen) atoms. The second-order valence-electron chi connectivity index (χ2n) is 6.37. The van der Waals surface area contributed by atoms with Crippen LogP contribution >= 0.6 is 11.6 Å². The van der Waals surface area contributed by atoms with Crippen LogP contribution in [0.25, 0.3) is 0 Å². The van der Waals surface area contributed by atoms with E-state index in [9.17, 15) is 13.2 Å². The van der Waals surface area contributed by atoms with Gasteiger partial charge in [-0.1, -0.05) is 18.5 Å². The van der Waals surface area contributed by atoms with Crippen molar-refractivity contribution in [2.24, 2.45) is 10.9 Å². The predicted octanol–water partition coefficient (Wildman–Crippen LogP) is 5.59. The fourth-order valence-corrected chi connectivity index (χ4v) is 3.00. The largest absolute Gasteiger partial charge is 0.391 e. The molecule has 1 atom stereocenters. The molecule has 2 heterocycles. The predicted molar refractivity (Wildman–Crippen MR) is 97.1 cm³/mol. The summed E-state index contributed by atoms with van der Waals surface area (Å²) in [7, 11) is 0. The van der Waals surface area contributed by atoms with Gasteiger partial charge in [-0.2, -0.15) is 13.2 Å². The van der Waals surface area contributed by atoms with Gasteiger partial charge in [0.05, 0.1) is 18.8 Å². The molecule has 1 aliphatic rings. The molecule has 4 nitrogen and oxygen atoms in total. The SMILES string of the molecule is CCn1cnc2c1N=C(CCC(C)C(F)(F)F)N(c1ccc(Cl)cc1)C2. The minimum atomic E-state index is -4.20. The van der Waals surface area contributed by atoms with Gasteiger partial charge in [0.1, 0.15) is 11.5 Å². The van der Waals surface area contributed by atoms with E-state index in [1.807, 2.05) is 28.5 Å². The number of hydrogen-bond donors (Lipinski definition) is 0. The maximum atomic E-state index is 12.9. The molecule has 0 spiro atoms. The van der Waals surface area contributed by atoms with Gasteiger partial charge in [-0.05, 0) is 37.6 Å². The van der Waals surface area contributed by atoms with Gasteiger partial charge in [0.25, 0.3) is 0 Å². The summed E-state index contributed by atoms with van der Waals surface area (Å²) < 4.78 is 40.6. The molecule has 140 valence electrons. The highest BCUT2D eigenvalue weighted by Crippen LogP contribution is 2.33. The Morgan fingerprint density at radius 3 is 2.54 bits per heavy atom. The number of benzene rings is 1. The summed E-state index contributed by atoms with van der Waals surface area (Å²) in [5.41, 5.74) is 1.65. The van der Waals surface area contributed by atoms with E-state index in [-0.39, 0.29) is 12.8 Å². The zero-order chi connectivity index (χ0) is 18.9. The summed E-state index contributed by atoms with van der Waals surface area (Å²) in [5, 5.41) is 0.603. The number of hydrogen-bond acceptors (Lipinski definition) is 3. The molecule has 1 unspecified atom stereocenters. The van der Waals surface area contributed by atoms with Crippen molar-refractivity contribution in [2.75, 3.05) is 4.90 Å². The summed E-state index contributed by atoms with van der Waals surface area (Å²) in [6, 6.07) is 7.19. The first-order chi connectivity index (χ1) is 12.3. The molecule has 8 heteroatoms. The number of rotatable bonds is 5. The van der Waals surface area contributed by atoms with Crippen molar-refractivity contribution in [1.82, 2.24) is 9.55 Å². The lowest BCUT2D eigenvalue weighted by atomic mass is 10.0. The number of aliphatic imine (C=N–C) groups is 1. The Morgan fingerprint density at radius 1 is 1.23 bits per heavy atom. The van der Waals surface area contributed by atoms with E-state index >= 15 is 0 Å². The summed E-state index contributed by atoms with van der Waals surface area (Å²) in [6.07, 6.45) is -2.26. The van der Waals surface area contributed by atoms with Crippen molar-refractivity contribution < 1.29 is 13.2 Å². The molecule has 0 amide bonds. The number of aromatic nitrogens is 2. The van der Waals surface area contributed by atoms with E-state index in [1.54, 1.807) is 18.5 Å². The van der Waals surface area contributed by atoms with Crippen LogP contribution in [0.3, 0.4) is 0 Å². The van der Waals surface area contributed by atoms with Crippen LogP contribution in [0.2, 0.25) is 5.02 Å². The Kier molecular flexibility index (Phi) is 5.27. The van der Waals surface area contributed by atoms with Gasteiger partial charge in [0.15, 0.2) is 5.82 Å². The maximum absolute atomic E-state index is 12.9. The third-order valence-electron chi connectivity index (χ3n) is 4.58. The molecule has 0 bridgehead atoms. The van der Waals surface area contributed by atoms with Gasteiger partial charge >= 0.3 is 6.18 Å². The van der Waals surface area contributed by atoms with Gasteiger partial charge < -0.3 is 9.47 Å². The van der Waals surface area contributed by atoms with Gasteiger partial charge in [0.2, 0.25) is 0 Å². The number of alkyl halides is 3. The van der Waals surface area contributed by atoms with Crippen molar-refractivity contribution in [1.29, 1.82) is 0 Å². The number of anilines is 1. The van der Waals surface area contributed by atoms with Gasteiger partial charge in [-0.15, -0.1) is 0 Å². The Labute approximate surface area is 155 Å². The zero-order valence-corrected chi connectivity index (χ0v) is 15.3. The average Bonchev–Trinajstić information content (AvgIpc) is 3.00. The number of imidazole rings is 1. The average molecular weight is 385 g/mol. The highest BCUT2D eigenvalue weighted by Gasteiger charge is 2.36. The Bertz CT molecular complexity index is 796. The van der Waals surface area contributed by atoms with E-state index in [2.05, 4.69) is 9.98 Å². The molecule has 1 aromatic heterocycles. The number of aryl methyl sites for hydroxylation is 1. The topological polar surface area (TPSA) is 33.4 Å². The molecule has 3 rings (SSSR count). The van der Waals surface area contributed by atoms with Gasteiger partial charge in [0, 0.05) is 23.7 Å². The third-order valence-corrected chi connectivity index (χ3v) is 4.83. The number of nitrogens with zero attached hydrogens (tertiary/aromatic N) is 4. The summed E-state index contributed by atoms with van der Waals surface area (Å²) in [6.45, 7) is 4.37. The lowest BCUT2D eigenvalue weighted by molar-refractivity contribution is -0.170. The quantitative estimate of drug-likeness (QED) is 0.673. The van der Waals surface area contributed by atoms with E-state index in [4.69, 9.17) is 11.6 Å². The van der Waals surface area contributed by atoms with E-state index in [0.29, 0.717) is 23.9 Å². The summed E-state index contributed by atoms with van der Waals surface area (Å²) in [4.78, 5) is 11.0. The molecule has 0 saturated carbocycles. The molecular formula is C18H20ClF3N4.